The van der Waals surface area contributed by atoms with E-state index in [-0.39, 0.29) is 59.8 Å². The zero-order valence-corrected chi connectivity index (χ0v) is 20.0. The van der Waals surface area contributed by atoms with Gasteiger partial charge in [-0.1, -0.05) is 5.60 Å². The number of hydrogen-bond donors (Lipinski definition) is 2. The second-order valence-electron chi connectivity index (χ2n) is 4.78. The molecule has 0 heterocycles. The summed E-state index contributed by atoms with van der Waals surface area (Å²) in [6.07, 6.45) is -5.75. The van der Waals surface area contributed by atoms with Gasteiger partial charge in [0.25, 0.3) is 5.97 Å². The smallest absolute Gasteiger partial charge is 0.845 e. The fourth-order valence-corrected chi connectivity index (χ4v) is 1.35. The Morgan fingerprint density at radius 1 is 0.633 bits per heavy atom. The standard InChI is InChI=1S/2C6H7O7.Fe.Mn.H3N.Zn/c2*7-3(8)1-6(13,5(11)12)2-4(9)10;;;;/h2*1-2H2,(H,7,8)(H,9,10)(H,11,12);;;1H3;/q2*-1;+3;+2;;+2/p-5. The van der Waals surface area contributed by atoms with Gasteiger partial charge < -0.3 is 71.0 Å². The van der Waals surface area contributed by atoms with E-state index in [2.05, 4.69) is 0 Å². The van der Waals surface area contributed by atoms with Gasteiger partial charge in [0.1, 0.15) is 0 Å². The van der Waals surface area contributed by atoms with Gasteiger partial charge in [-0.15, -0.1) is 0 Å². The summed E-state index contributed by atoms with van der Waals surface area (Å²) in [6, 6.07) is 0. The van der Waals surface area contributed by atoms with Crippen LogP contribution in [0.4, 0.5) is 0 Å². The van der Waals surface area contributed by atoms with Crippen LogP contribution in [-0.2, 0) is 82.4 Å². The third-order valence-electron chi connectivity index (χ3n) is 2.48. The summed E-state index contributed by atoms with van der Waals surface area (Å²) in [6.45, 7) is 0. The van der Waals surface area contributed by atoms with Gasteiger partial charge in [-0.2, -0.15) is 0 Å². The molecule has 18 heteroatoms. The van der Waals surface area contributed by atoms with Gasteiger partial charge in [-0.25, -0.2) is 0 Å². The Hall–Kier alpha value is -1.64. The molecule has 0 bridgehead atoms. The molecule has 0 aromatic carbocycles. The van der Waals surface area contributed by atoms with Crippen molar-refractivity contribution in [2.24, 2.45) is 0 Å². The topological polar surface area (TPSA) is 319 Å². The van der Waals surface area contributed by atoms with Gasteiger partial charge in [0.15, 0.2) is 0 Å². The number of carboxylic acids is 6. The van der Waals surface area contributed by atoms with Crippen molar-refractivity contribution in [1.29, 1.82) is 0 Å². The Labute approximate surface area is 201 Å². The first-order chi connectivity index (χ1) is 11.6. The minimum Gasteiger partial charge on any atom is -0.845 e. The Balaban J connectivity index is -0.0000000847. The van der Waals surface area contributed by atoms with Crippen LogP contribution in [0, 0.1) is 0 Å². The molecule has 0 unspecified atom stereocenters. The molecule has 0 saturated carbocycles. The third kappa shape index (κ3) is 18.4. The first-order valence-corrected chi connectivity index (χ1v) is 6.21. The Morgan fingerprint density at radius 2 is 0.833 bits per heavy atom. The molecule has 0 fully saturated rings. The predicted molar refractivity (Wildman–Crippen MR) is 61.6 cm³/mol. The van der Waals surface area contributed by atoms with Crippen LogP contribution in [0.3, 0.4) is 0 Å². The summed E-state index contributed by atoms with van der Waals surface area (Å²) < 4.78 is 0. The number of carboxylic acid groups (broad SMARTS) is 6. The van der Waals surface area contributed by atoms with E-state index in [9.17, 15) is 64.5 Å². The molecule has 0 saturated heterocycles. The summed E-state index contributed by atoms with van der Waals surface area (Å²) in [5.41, 5.74) is -6.34. The monoisotopic (exact) mass is 569 g/mol. The van der Waals surface area contributed by atoms with Crippen LogP contribution in [0.2, 0.25) is 0 Å². The maximum Gasteiger partial charge on any atom is 3.00 e. The molecular formula is C12H12FeMnNO14Zn. The molecule has 166 valence electrons. The van der Waals surface area contributed by atoms with Gasteiger partial charge in [0.2, 0.25) is 0 Å². The van der Waals surface area contributed by atoms with Crippen LogP contribution in [0.25, 0.3) is 0 Å². The van der Waals surface area contributed by atoms with E-state index in [0.717, 1.165) is 0 Å². The normalized spacial score (nSPS) is 9.40. The van der Waals surface area contributed by atoms with E-state index in [1.165, 1.54) is 0 Å². The fraction of sp³-hybridized carbons (Fsp3) is 0.500. The molecule has 2 radical (unpaired) electrons. The van der Waals surface area contributed by atoms with E-state index >= 15 is 0 Å². The van der Waals surface area contributed by atoms with Crippen molar-refractivity contribution >= 4 is 35.8 Å². The quantitative estimate of drug-likeness (QED) is 0.230. The first-order valence-electron chi connectivity index (χ1n) is 6.21. The number of hydrogen-bond acceptors (Lipinski definition) is 14. The molecule has 0 amide bonds. The third-order valence-corrected chi connectivity index (χ3v) is 2.48. The molecule has 30 heavy (non-hydrogen) atoms. The Morgan fingerprint density at radius 3 is 0.967 bits per heavy atom. The zero-order valence-electron chi connectivity index (χ0n) is 14.7. The fourth-order valence-electron chi connectivity index (χ4n) is 1.35. The molecule has 4 N–H and O–H groups in total. The number of carbonyl (C=O) groups is 6. The van der Waals surface area contributed by atoms with Crippen LogP contribution >= 0.6 is 0 Å². The summed E-state index contributed by atoms with van der Waals surface area (Å²) in [5.74, 6) is -12.1. The SMILES string of the molecule is N.O=C([O-])CC([O-])(CC(=O)[O-])C(=O)O.O=C([O-])CC([O-])(CC(=O)[O-])C(=O)[O-].[Fe+3].[Mn+2].[Zn+2]. The molecule has 0 rings (SSSR count). The minimum atomic E-state index is -3.22. The predicted octanol–water partition coefficient (Wildman–Crippen LogP) is -10.3. The van der Waals surface area contributed by atoms with E-state index in [1.807, 2.05) is 0 Å². The van der Waals surface area contributed by atoms with Crippen LogP contribution in [-0.4, -0.2) is 52.1 Å². The second kappa shape index (κ2) is 18.2. The van der Waals surface area contributed by atoms with Gasteiger partial charge in [-0.05, 0) is 31.3 Å². The Bertz CT molecular complexity index is 532. The van der Waals surface area contributed by atoms with Crippen molar-refractivity contribution < 1.29 is 123 Å². The summed E-state index contributed by atoms with van der Waals surface area (Å²) in [7, 11) is 0. The molecule has 0 aliphatic carbocycles. The molecule has 0 aliphatic rings. The molecule has 0 aromatic heterocycles. The van der Waals surface area contributed by atoms with Gasteiger partial charge in [0, 0.05) is 29.8 Å². The van der Waals surface area contributed by atoms with Crippen LogP contribution < -0.4 is 41.9 Å². The summed E-state index contributed by atoms with van der Waals surface area (Å²) in [5, 5.41) is 79.8. The van der Waals surface area contributed by atoms with E-state index in [4.69, 9.17) is 5.11 Å². The second-order valence-corrected chi connectivity index (χ2v) is 4.78. The average molecular weight is 570 g/mol. The average Bonchev–Trinajstić information content (AvgIpc) is 2.34. The number of carbonyl (C=O) groups excluding carboxylic acids is 5. The summed E-state index contributed by atoms with van der Waals surface area (Å²) in [4.78, 5) is 59.9. The molecule has 0 aromatic rings. The van der Waals surface area contributed by atoms with Gasteiger partial charge in [-0.3, -0.25) is 4.79 Å². The van der Waals surface area contributed by atoms with Crippen molar-refractivity contribution in [3.8, 4) is 0 Å². The molecule has 0 aliphatic heterocycles. The maximum atomic E-state index is 11.0. The van der Waals surface area contributed by atoms with Crippen LogP contribution in [0.15, 0.2) is 0 Å². The number of aliphatic carboxylic acids is 6. The molecule has 0 spiro atoms. The Kier molecular flexibility index (Phi) is 25.7. The van der Waals surface area contributed by atoms with E-state index in [0.29, 0.717) is 0 Å². The summed E-state index contributed by atoms with van der Waals surface area (Å²) >= 11 is 0. The van der Waals surface area contributed by atoms with Gasteiger partial charge >= 0.3 is 53.6 Å². The molecule has 15 nitrogen and oxygen atoms in total. The van der Waals surface area contributed by atoms with Crippen molar-refractivity contribution in [2.75, 3.05) is 0 Å². The zero-order chi connectivity index (χ0) is 21.3. The van der Waals surface area contributed by atoms with Crippen molar-refractivity contribution in [1.82, 2.24) is 6.15 Å². The van der Waals surface area contributed by atoms with Crippen LogP contribution in [0.1, 0.15) is 25.7 Å². The minimum absolute atomic E-state index is 0. The largest absolute Gasteiger partial charge is 3.00 e. The first kappa shape index (κ1) is 42.5. The van der Waals surface area contributed by atoms with E-state index < -0.39 is 72.7 Å². The van der Waals surface area contributed by atoms with E-state index in [1.54, 1.807) is 0 Å². The van der Waals surface area contributed by atoms with Crippen LogP contribution in [0.5, 0.6) is 0 Å². The van der Waals surface area contributed by atoms with Crippen molar-refractivity contribution in [2.45, 2.75) is 36.9 Å². The van der Waals surface area contributed by atoms with Crippen molar-refractivity contribution in [3.05, 3.63) is 0 Å². The van der Waals surface area contributed by atoms with Crippen molar-refractivity contribution in [3.63, 3.8) is 0 Å². The number of rotatable bonds is 10. The van der Waals surface area contributed by atoms with Gasteiger partial charge in [0.05, 0.1) is 0 Å². The molecule has 0 atom stereocenters. The molecular weight excluding hydrogens is 558 g/mol. The maximum absolute atomic E-state index is 11.0.